The van der Waals surface area contributed by atoms with Gasteiger partial charge >= 0.3 is 0 Å². The zero-order valence-electron chi connectivity index (χ0n) is 10.1. The highest BCUT2D eigenvalue weighted by Crippen LogP contribution is 2.37. The van der Waals surface area contributed by atoms with Crippen LogP contribution in [0.3, 0.4) is 0 Å². The van der Waals surface area contributed by atoms with E-state index in [2.05, 4.69) is 4.98 Å². The average molecular weight is 309 g/mol. The van der Waals surface area contributed by atoms with Gasteiger partial charge in [-0.3, -0.25) is 0 Å². The molecule has 0 atom stereocenters. The minimum Gasteiger partial charge on any atom is -0.392 e. The summed E-state index contributed by atoms with van der Waals surface area (Å²) in [6, 6.07) is 9.81. The fourth-order valence-electron chi connectivity index (χ4n) is 1.78. The summed E-state index contributed by atoms with van der Waals surface area (Å²) in [5.41, 5.74) is 1.03. The number of benzene rings is 2. The van der Waals surface area contributed by atoms with E-state index in [9.17, 15) is 8.78 Å². The molecule has 2 aromatic carbocycles. The van der Waals surface area contributed by atoms with Crippen molar-refractivity contribution < 1.29 is 13.9 Å². The van der Waals surface area contributed by atoms with Crippen LogP contribution in [0.5, 0.6) is 0 Å². The molecule has 0 spiro atoms. The lowest BCUT2D eigenvalue weighted by Gasteiger charge is -2.04. The Morgan fingerprint density at radius 3 is 2.50 bits per heavy atom. The molecule has 0 aliphatic heterocycles. The van der Waals surface area contributed by atoms with E-state index in [1.807, 2.05) is 24.3 Å². The number of aliphatic hydroxyl groups excluding tert-OH is 1. The van der Waals surface area contributed by atoms with E-state index in [0.717, 1.165) is 34.1 Å². The van der Waals surface area contributed by atoms with Gasteiger partial charge in [0, 0.05) is 0 Å². The van der Waals surface area contributed by atoms with Gasteiger partial charge in [-0.2, -0.15) is 0 Å². The molecule has 0 bridgehead atoms. The van der Waals surface area contributed by atoms with Gasteiger partial charge in [0.25, 0.3) is 0 Å². The highest BCUT2D eigenvalue weighted by atomic mass is 32.2. The minimum atomic E-state index is -0.682. The number of hydrogen-bond donors (Lipinski definition) is 1. The summed E-state index contributed by atoms with van der Waals surface area (Å²) in [4.78, 5) is 4.24. The number of halogens is 2. The molecule has 1 heterocycles. The van der Waals surface area contributed by atoms with Crippen LogP contribution in [0.1, 0.15) is 5.56 Å². The van der Waals surface area contributed by atoms with E-state index >= 15 is 0 Å². The lowest BCUT2D eigenvalue weighted by Crippen LogP contribution is -1.92. The van der Waals surface area contributed by atoms with Crippen molar-refractivity contribution in [1.82, 2.24) is 4.98 Å². The van der Waals surface area contributed by atoms with Crippen LogP contribution in [-0.2, 0) is 6.61 Å². The second kappa shape index (κ2) is 5.47. The van der Waals surface area contributed by atoms with Crippen molar-refractivity contribution in [1.29, 1.82) is 0 Å². The van der Waals surface area contributed by atoms with Crippen molar-refractivity contribution in [2.45, 2.75) is 15.8 Å². The van der Waals surface area contributed by atoms with Crippen LogP contribution in [0.2, 0.25) is 0 Å². The molecule has 2 nitrogen and oxygen atoms in total. The van der Waals surface area contributed by atoms with Crippen molar-refractivity contribution in [3.05, 3.63) is 53.6 Å². The summed E-state index contributed by atoms with van der Waals surface area (Å²) in [6.45, 7) is -0.389. The van der Waals surface area contributed by atoms with Gasteiger partial charge in [-0.25, -0.2) is 13.8 Å². The van der Waals surface area contributed by atoms with Crippen molar-refractivity contribution in [3.63, 3.8) is 0 Å². The zero-order valence-corrected chi connectivity index (χ0v) is 11.8. The molecule has 0 radical (unpaired) electrons. The van der Waals surface area contributed by atoms with Crippen molar-refractivity contribution in [3.8, 4) is 0 Å². The average Bonchev–Trinajstić information content (AvgIpc) is 2.85. The zero-order chi connectivity index (χ0) is 14.1. The highest BCUT2D eigenvalue weighted by molar-refractivity contribution is 8.01. The standard InChI is InChI=1S/C14H9F2NOS2/c15-9-5-8(7-18)6-10(16)13(9)20-14-17-11-3-1-2-4-12(11)19-14/h1-6,18H,7H2. The summed E-state index contributed by atoms with van der Waals surface area (Å²) in [6.07, 6.45) is 0. The third kappa shape index (κ3) is 2.54. The fraction of sp³-hybridized carbons (Fsp3) is 0.0714. The normalized spacial score (nSPS) is 11.2. The summed E-state index contributed by atoms with van der Waals surface area (Å²) >= 11 is 2.35. The first kappa shape index (κ1) is 13.5. The van der Waals surface area contributed by atoms with E-state index in [0.29, 0.717) is 4.34 Å². The predicted molar refractivity (Wildman–Crippen MR) is 76.0 cm³/mol. The van der Waals surface area contributed by atoms with Crippen LogP contribution < -0.4 is 0 Å². The van der Waals surface area contributed by atoms with Gasteiger partial charge in [0.1, 0.15) is 11.6 Å². The third-order valence-corrected chi connectivity index (χ3v) is 4.90. The Kier molecular flexibility index (Phi) is 3.69. The van der Waals surface area contributed by atoms with Gasteiger partial charge < -0.3 is 5.11 Å². The number of hydrogen-bond acceptors (Lipinski definition) is 4. The van der Waals surface area contributed by atoms with Crippen LogP contribution in [0, 0.1) is 11.6 Å². The number of aromatic nitrogens is 1. The molecule has 20 heavy (non-hydrogen) atoms. The number of nitrogens with zero attached hydrogens (tertiary/aromatic N) is 1. The van der Waals surface area contributed by atoms with Crippen LogP contribution >= 0.6 is 23.1 Å². The van der Waals surface area contributed by atoms with E-state index < -0.39 is 11.6 Å². The number of thiazole rings is 1. The van der Waals surface area contributed by atoms with Crippen LogP contribution in [0.4, 0.5) is 8.78 Å². The molecular formula is C14H9F2NOS2. The first-order valence-electron chi connectivity index (χ1n) is 5.79. The molecule has 0 fully saturated rings. The van der Waals surface area contributed by atoms with Gasteiger partial charge in [-0.05, 0) is 29.8 Å². The Morgan fingerprint density at radius 2 is 1.85 bits per heavy atom. The Morgan fingerprint density at radius 1 is 1.15 bits per heavy atom. The van der Waals surface area contributed by atoms with Crippen molar-refractivity contribution >= 4 is 33.3 Å². The largest absolute Gasteiger partial charge is 0.392 e. The molecule has 1 N–H and O–H groups in total. The van der Waals surface area contributed by atoms with Gasteiger partial charge in [-0.15, -0.1) is 11.3 Å². The first-order valence-corrected chi connectivity index (χ1v) is 7.43. The molecule has 3 rings (SSSR count). The Balaban J connectivity index is 1.98. The number of rotatable bonds is 3. The molecule has 0 aliphatic carbocycles. The molecule has 1 aromatic heterocycles. The van der Waals surface area contributed by atoms with Crippen LogP contribution in [0.15, 0.2) is 45.6 Å². The van der Waals surface area contributed by atoms with Crippen LogP contribution in [0.25, 0.3) is 10.2 Å². The summed E-state index contributed by atoms with van der Waals surface area (Å²) in [5.74, 6) is -1.36. The summed E-state index contributed by atoms with van der Waals surface area (Å²) in [5, 5.41) is 8.91. The summed E-state index contributed by atoms with van der Waals surface area (Å²) < 4.78 is 29.2. The molecule has 0 saturated heterocycles. The highest BCUT2D eigenvalue weighted by Gasteiger charge is 2.15. The van der Waals surface area contributed by atoms with E-state index in [1.54, 1.807) is 0 Å². The van der Waals surface area contributed by atoms with Crippen molar-refractivity contribution in [2.75, 3.05) is 0 Å². The molecule has 3 aromatic rings. The quantitative estimate of drug-likeness (QED) is 0.786. The number of aliphatic hydroxyl groups is 1. The molecule has 6 heteroatoms. The summed E-state index contributed by atoms with van der Waals surface area (Å²) in [7, 11) is 0. The third-order valence-electron chi connectivity index (χ3n) is 2.70. The number of fused-ring (bicyclic) bond motifs is 1. The molecular weight excluding hydrogens is 300 g/mol. The molecule has 102 valence electrons. The Hall–Kier alpha value is -1.50. The number of para-hydroxylation sites is 1. The second-order valence-electron chi connectivity index (χ2n) is 4.10. The van der Waals surface area contributed by atoms with Crippen LogP contribution in [-0.4, -0.2) is 10.1 Å². The lowest BCUT2D eigenvalue weighted by molar-refractivity contribution is 0.280. The van der Waals surface area contributed by atoms with Gasteiger partial charge in [0.2, 0.25) is 0 Å². The monoisotopic (exact) mass is 309 g/mol. The van der Waals surface area contributed by atoms with E-state index in [1.165, 1.54) is 11.3 Å². The van der Waals surface area contributed by atoms with E-state index in [4.69, 9.17) is 5.11 Å². The molecule has 0 saturated carbocycles. The Labute approximate surface area is 122 Å². The molecule has 0 unspecified atom stereocenters. The molecule has 0 amide bonds. The van der Waals surface area contributed by atoms with E-state index in [-0.39, 0.29) is 17.1 Å². The SMILES string of the molecule is OCc1cc(F)c(Sc2nc3ccccc3s2)c(F)c1. The minimum absolute atomic E-state index is 0.0961. The topological polar surface area (TPSA) is 33.1 Å². The fourth-order valence-corrected chi connectivity index (χ4v) is 3.80. The van der Waals surface area contributed by atoms with Gasteiger partial charge in [0.15, 0.2) is 4.34 Å². The van der Waals surface area contributed by atoms with Gasteiger partial charge in [0.05, 0.1) is 21.7 Å². The molecule has 0 aliphatic rings. The maximum Gasteiger partial charge on any atom is 0.156 e. The maximum absolute atomic E-state index is 13.8. The first-order chi connectivity index (χ1) is 9.67. The van der Waals surface area contributed by atoms with Crippen molar-refractivity contribution in [2.24, 2.45) is 0 Å². The second-order valence-corrected chi connectivity index (χ2v) is 6.38. The maximum atomic E-state index is 13.8. The predicted octanol–water partition coefficient (Wildman–Crippen LogP) is 4.22. The van der Waals surface area contributed by atoms with Gasteiger partial charge in [-0.1, -0.05) is 23.9 Å². The Bertz CT molecular complexity index is 717. The lowest BCUT2D eigenvalue weighted by atomic mass is 10.2. The smallest absolute Gasteiger partial charge is 0.156 e.